The molecule has 0 bridgehead atoms. The van der Waals surface area contributed by atoms with Crippen LogP contribution in [0.4, 0.5) is 5.69 Å². The Morgan fingerprint density at radius 2 is 1.68 bits per heavy atom. The highest BCUT2D eigenvalue weighted by atomic mass is 32.2. The number of aromatic amines is 1. The average Bonchev–Trinajstić information content (AvgIpc) is 2.63. The standard InChI is InChI=1S/C21H22N4O2S/c1-13-4-6-16(7-5-13)11-18-20(27)23-21(25-24-18)28-12-19(26)22-17-9-14(2)8-15(3)10-17/h4-10H,11-12H2,1-3H3,(H,22,26)(H,23,25,27). The molecule has 3 rings (SSSR count). The maximum absolute atomic E-state index is 12.3. The molecule has 0 saturated carbocycles. The van der Waals surface area contributed by atoms with Gasteiger partial charge in [0.05, 0.1) is 5.75 Å². The Morgan fingerprint density at radius 1 is 1.00 bits per heavy atom. The molecule has 0 atom stereocenters. The number of amides is 1. The molecule has 0 saturated heterocycles. The molecule has 1 amide bonds. The molecule has 0 fully saturated rings. The second kappa shape index (κ2) is 8.84. The number of nitrogens with zero attached hydrogens (tertiary/aromatic N) is 2. The summed E-state index contributed by atoms with van der Waals surface area (Å²) in [5.41, 5.74) is 5.16. The van der Waals surface area contributed by atoms with Crippen molar-refractivity contribution in [3.63, 3.8) is 0 Å². The highest BCUT2D eigenvalue weighted by Gasteiger charge is 2.09. The second-order valence-corrected chi connectivity index (χ2v) is 7.75. The summed E-state index contributed by atoms with van der Waals surface area (Å²) >= 11 is 1.15. The minimum Gasteiger partial charge on any atom is -0.325 e. The summed E-state index contributed by atoms with van der Waals surface area (Å²) < 4.78 is 0. The molecule has 0 aliphatic rings. The van der Waals surface area contributed by atoms with Crippen LogP contribution in [0.25, 0.3) is 0 Å². The van der Waals surface area contributed by atoms with Gasteiger partial charge in [-0.15, -0.1) is 10.2 Å². The van der Waals surface area contributed by atoms with Gasteiger partial charge in [-0.1, -0.05) is 47.7 Å². The molecule has 28 heavy (non-hydrogen) atoms. The van der Waals surface area contributed by atoms with E-state index in [9.17, 15) is 9.59 Å². The highest BCUT2D eigenvalue weighted by Crippen LogP contribution is 2.16. The van der Waals surface area contributed by atoms with Gasteiger partial charge in [0.1, 0.15) is 5.69 Å². The molecule has 7 heteroatoms. The molecule has 0 spiro atoms. The third-order valence-corrected chi connectivity index (χ3v) is 4.95. The zero-order chi connectivity index (χ0) is 20.1. The van der Waals surface area contributed by atoms with E-state index >= 15 is 0 Å². The predicted octanol–water partition coefficient (Wildman–Crippen LogP) is 3.41. The molecule has 1 heterocycles. The molecule has 2 N–H and O–H groups in total. The number of nitrogens with one attached hydrogen (secondary N) is 2. The van der Waals surface area contributed by atoms with Gasteiger partial charge < -0.3 is 5.32 Å². The lowest BCUT2D eigenvalue weighted by atomic mass is 10.1. The van der Waals surface area contributed by atoms with Gasteiger partial charge in [-0.3, -0.25) is 14.6 Å². The Bertz CT molecular complexity index is 1020. The van der Waals surface area contributed by atoms with Gasteiger partial charge in [-0.25, -0.2) is 0 Å². The SMILES string of the molecule is Cc1ccc(Cc2nnc(SCC(=O)Nc3cc(C)cc(C)c3)[nH]c2=O)cc1. The molecule has 1 aromatic heterocycles. The lowest BCUT2D eigenvalue weighted by Gasteiger charge is -2.07. The first-order chi connectivity index (χ1) is 13.4. The lowest BCUT2D eigenvalue weighted by molar-refractivity contribution is -0.113. The van der Waals surface area contributed by atoms with Crippen molar-refractivity contribution in [1.82, 2.24) is 15.2 Å². The first-order valence-electron chi connectivity index (χ1n) is 8.91. The number of aryl methyl sites for hydroxylation is 3. The molecule has 144 valence electrons. The molecular formula is C21H22N4O2S. The van der Waals surface area contributed by atoms with E-state index in [0.29, 0.717) is 17.3 Å². The molecule has 0 radical (unpaired) electrons. The molecule has 2 aromatic carbocycles. The lowest BCUT2D eigenvalue weighted by Crippen LogP contribution is -2.19. The third-order valence-electron chi connectivity index (χ3n) is 4.08. The van der Waals surface area contributed by atoms with Gasteiger partial charge in [0.25, 0.3) is 5.56 Å². The van der Waals surface area contributed by atoms with Crippen LogP contribution in [0.3, 0.4) is 0 Å². The minimum atomic E-state index is -0.284. The van der Waals surface area contributed by atoms with Crippen LogP contribution in [-0.4, -0.2) is 26.8 Å². The van der Waals surface area contributed by atoms with E-state index in [1.165, 1.54) is 0 Å². The zero-order valence-electron chi connectivity index (χ0n) is 16.1. The smallest absolute Gasteiger partial charge is 0.273 e. The molecule has 0 unspecified atom stereocenters. The van der Waals surface area contributed by atoms with Crippen LogP contribution >= 0.6 is 11.8 Å². The van der Waals surface area contributed by atoms with Crippen molar-refractivity contribution < 1.29 is 4.79 Å². The monoisotopic (exact) mass is 394 g/mol. The number of thioether (sulfide) groups is 1. The number of carbonyl (C=O) groups excluding carboxylic acids is 1. The van der Waals surface area contributed by atoms with Crippen LogP contribution < -0.4 is 10.9 Å². The maximum atomic E-state index is 12.3. The summed E-state index contributed by atoms with van der Waals surface area (Å²) in [4.78, 5) is 27.1. The van der Waals surface area contributed by atoms with Crippen molar-refractivity contribution in [3.8, 4) is 0 Å². The fraction of sp³-hybridized carbons (Fsp3) is 0.238. The van der Waals surface area contributed by atoms with E-state index in [1.807, 2.05) is 63.2 Å². The summed E-state index contributed by atoms with van der Waals surface area (Å²) in [5, 5.41) is 11.3. The van der Waals surface area contributed by atoms with Gasteiger partial charge in [0, 0.05) is 12.1 Å². The van der Waals surface area contributed by atoms with Crippen molar-refractivity contribution in [2.75, 3.05) is 11.1 Å². The molecule has 0 aliphatic carbocycles. The summed E-state index contributed by atoms with van der Waals surface area (Å²) in [6.07, 6.45) is 0.417. The Morgan fingerprint density at radius 3 is 2.32 bits per heavy atom. The van der Waals surface area contributed by atoms with Gasteiger partial charge in [0.15, 0.2) is 5.16 Å². The van der Waals surface area contributed by atoms with Crippen molar-refractivity contribution in [1.29, 1.82) is 0 Å². The number of benzene rings is 2. The van der Waals surface area contributed by atoms with Crippen LogP contribution in [0.5, 0.6) is 0 Å². The van der Waals surface area contributed by atoms with Crippen molar-refractivity contribution in [2.45, 2.75) is 32.3 Å². The number of aromatic nitrogens is 3. The van der Waals surface area contributed by atoms with Crippen molar-refractivity contribution in [2.24, 2.45) is 0 Å². The van der Waals surface area contributed by atoms with Crippen LogP contribution in [0.2, 0.25) is 0 Å². The predicted molar refractivity (Wildman–Crippen MR) is 112 cm³/mol. The number of anilines is 1. The number of H-pyrrole nitrogens is 1. The van der Waals surface area contributed by atoms with Gasteiger partial charge in [0.2, 0.25) is 5.91 Å². The summed E-state index contributed by atoms with van der Waals surface area (Å²) in [6, 6.07) is 13.8. The minimum absolute atomic E-state index is 0.134. The number of carbonyl (C=O) groups is 1. The average molecular weight is 395 g/mol. The number of hydrogen-bond donors (Lipinski definition) is 2. The summed E-state index contributed by atoms with van der Waals surface area (Å²) in [7, 11) is 0. The van der Waals surface area contributed by atoms with Gasteiger partial charge in [-0.05, 0) is 49.6 Å². The maximum Gasteiger partial charge on any atom is 0.273 e. The van der Waals surface area contributed by atoms with Crippen LogP contribution in [0.1, 0.15) is 27.9 Å². The Hall–Kier alpha value is -2.93. The van der Waals surface area contributed by atoms with Gasteiger partial charge >= 0.3 is 0 Å². The summed E-state index contributed by atoms with van der Waals surface area (Å²) in [6.45, 7) is 5.98. The van der Waals surface area contributed by atoms with Crippen molar-refractivity contribution in [3.05, 3.63) is 80.8 Å². The van der Waals surface area contributed by atoms with Crippen LogP contribution in [0.15, 0.2) is 52.4 Å². The zero-order valence-corrected chi connectivity index (χ0v) is 16.9. The van der Waals surface area contributed by atoms with E-state index in [0.717, 1.165) is 39.7 Å². The van der Waals surface area contributed by atoms with E-state index in [-0.39, 0.29) is 17.2 Å². The Labute approximate surface area is 167 Å². The van der Waals surface area contributed by atoms with E-state index in [4.69, 9.17) is 0 Å². The van der Waals surface area contributed by atoms with E-state index in [2.05, 4.69) is 20.5 Å². The molecular weight excluding hydrogens is 372 g/mol. The highest BCUT2D eigenvalue weighted by molar-refractivity contribution is 7.99. The first-order valence-corrected chi connectivity index (χ1v) is 9.90. The molecule has 6 nitrogen and oxygen atoms in total. The van der Waals surface area contributed by atoms with Crippen molar-refractivity contribution >= 4 is 23.4 Å². The normalized spacial score (nSPS) is 10.7. The van der Waals surface area contributed by atoms with Crippen LogP contribution in [0, 0.1) is 20.8 Å². The topological polar surface area (TPSA) is 87.7 Å². The summed E-state index contributed by atoms with van der Waals surface area (Å²) in [5.74, 6) is -0.0315. The third kappa shape index (κ3) is 5.53. The van der Waals surface area contributed by atoms with Crippen LogP contribution in [-0.2, 0) is 11.2 Å². The Balaban J connectivity index is 1.58. The largest absolute Gasteiger partial charge is 0.325 e. The van der Waals surface area contributed by atoms with Gasteiger partial charge in [-0.2, -0.15) is 0 Å². The molecule has 3 aromatic rings. The molecule has 0 aliphatic heterocycles. The van der Waals surface area contributed by atoms with E-state index < -0.39 is 0 Å². The fourth-order valence-corrected chi connectivity index (χ4v) is 3.41. The number of rotatable bonds is 6. The quantitative estimate of drug-likeness (QED) is 0.626. The number of hydrogen-bond acceptors (Lipinski definition) is 5. The second-order valence-electron chi connectivity index (χ2n) is 6.78. The first kappa shape index (κ1) is 19.8. The Kier molecular flexibility index (Phi) is 6.26. The van der Waals surface area contributed by atoms with E-state index in [1.54, 1.807) is 0 Å². The fourth-order valence-electron chi connectivity index (χ4n) is 2.80.